The zero-order valence-corrected chi connectivity index (χ0v) is 12.0. The van der Waals surface area contributed by atoms with E-state index < -0.39 is 0 Å². The lowest BCUT2D eigenvalue weighted by Crippen LogP contribution is -1.87. The summed E-state index contributed by atoms with van der Waals surface area (Å²) >= 11 is 0. The number of methoxy groups -OCH3 is 1. The molecule has 0 aliphatic heterocycles. The van der Waals surface area contributed by atoms with Crippen molar-refractivity contribution in [1.82, 2.24) is 9.38 Å². The van der Waals surface area contributed by atoms with E-state index in [-0.39, 0.29) is 0 Å². The van der Waals surface area contributed by atoms with E-state index in [9.17, 15) is 0 Å². The molecular formula is C17H18N2O. The van der Waals surface area contributed by atoms with Crippen molar-refractivity contribution in [3.63, 3.8) is 0 Å². The zero-order chi connectivity index (χ0) is 14.1. The van der Waals surface area contributed by atoms with Crippen molar-refractivity contribution in [3.8, 4) is 16.9 Å². The van der Waals surface area contributed by atoms with Crippen LogP contribution in [0, 0.1) is 0 Å². The first kappa shape index (κ1) is 12.7. The second kappa shape index (κ2) is 5.00. The van der Waals surface area contributed by atoms with E-state index >= 15 is 0 Å². The lowest BCUT2D eigenvalue weighted by Gasteiger charge is -2.05. The Morgan fingerprint density at radius 1 is 1.05 bits per heavy atom. The van der Waals surface area contributed by atoms with E-state index in [1.165, 1.54) is 0 Å². The first-order valence-corrected chi connectivity index (χ1v) is 6.80. The summed E-state index contributed by atoms with van der Waals surface area (Å²) in [4.78, 5) is 4.62. The van der Waals surface area contributed by atoms with Crippen LogP contribution in [0.2, 0.25) is 0 Å². The molecule has 0 fully saturated rings. The number of benzene rings is 1. The summed E-state index contributed by atoms with van der Waals surface area (Å²) in [5.74, 6) is 1.31. The van der Waals surface area contributed by atoms with Gasteiger partial charge in [0.1, 0.15) is 11.4 Å². The molecule has 0 saturated carbocycles. The molecule has 0 saturated heterocycles. The van der Waals surface area contributed by atoms with E-state index in [0.29, 0.717) is 5.92 Å². The van der Waals surface area contributed by atoms with Crippen molar-refractivity contribution < 1.29 is 4.74 Å². The fourth-order valence-electron chi connectivity index (χ4n) is 2.26. The molecule has 3 heteroatoms. The highest BCUT2D eigenvalue weighted by molar-refractivity contribution is 5.66. The molecular weight excluding hydrogens is 248 g/mol. The third-order valence-corrected chi connectivity index (χ3v) is 3.46. The summed E-state index contributed by atoms with van der Waals surface area (Å²) in [6.45, 7) is 4.31. The van der Waals surface area contributed by atoms with Gasteiger partial charge in [0.05, 0.1) is 12.8 Å². The lowest BCUT2D eigenvalue weighted by atomic mass is 10.1. The van der Waals surface area contributed by atoms with Crippen LogP contribution in [0.5, 0.6) is 5.75 Å². The number of pyridine rings is 1. The standard InChI is InChI=1S/C17H18N2O/c1-12(2)16-11-19-10-14(7-8-17(19)18-16)13-5-4-6-15(9-13)20-3/h4-12H,1-3H3. The number of ether oxygens (including phenoxy) is 1. The molecule has 0 N–H and O–H groups in total. The van der Waals surface area contributed by atoms with Crippen LogP contribution in [0.1, 0.15) is 25.5 Å². The van der Waals surface area contributed by atoms with E-state index in [1.807, 2.05) is 18.2 Å². The first-order chi connectivity index (χ1) is 9.67. The fraction of sp³-hybridized carbons (Fsp3) is 0.235. The predicted octanol–water partition coefficient (Wildman–Crippen LogP) is 4.13. The van der Waals surface area contributed by atoms with Crippen LogP contribution in [0.3, 0.4) is 0 Å². The molecule has 0 aliphatic carbocycles. The van der Waals surface area contributed by atoms with Crippen LogP contribution in [-0.4, -0.2) is 16.5 Å². The van der Waals surface area contributed by atoms with Crippen LogP contribution in [0.25, 0.3) is 16.8 Å². The van der Waals surface area contributed by atoms with E-state index in [0.717, 1.165) is 28.2 Å². The summed E-state index contributed by atoms with van der Waals surface area (Å²) in [7, 11) is 1.69. The molecule has 0 atom stereocenters. The first-order valence-electron chi connectivity index (χ1n) is 6.80. The number of hydrogen-bond acceptors (Lipinski definition) is 2. The number of imidazole rings is 1. The summed E-state index contributed by atoms with van der Waals surface area (Å²) in [5, 5.41) is 0. The molecule has 3 nitrogen and oxygen atoms in total. The van der Waals surface area contributed by atoms with Crippen molar-refractivity contribution in [2.75, 3.05) is 7.11 Å². The van der Waals surface area contributed by atoms with Crippen LogP contribution in [0.15, 0.2) is 48.8 Å². The maximum atomic E-state index is 5.28. The van der Waals surface area contributed by atoms with Gasteiger partial charge in [-0.05, 0) is 41.3 Å². The van der Waals surface area contributed by atoms with E-state index in [2.05, 4.69) is 53.8 Å². The Kier molecular flexibility index (Phi) is 3.18. The molecule has 2 heterocycles. The Bertz CT molecular complexity index is 744. The third kappa shape index (κ3) is 2.27. The normalized spacial score (nSPS) is 11.2. The number of nitrogens with zero attached hydrogens (tertiary/aromatic N) is 2. The number of hydrogen-bond donors (Lipinski definition) is 0. The van der Waals surface area contributed by atoms with Crippen LogP contribution >= 0.6 is 0 Å². The van der Waals surface area contributed by atoms with Gasteiger partial charge in [-0.15, -0.1) is 0 Å². The molecule has 102 valence electrons. The highest BCUT2D eigenvalue weighted by atomic mass is 16.5. The molecule has 2 aromatic heterocycles. The van der Waals surface area contributed by atoms with Gasteiger partial charge in [0.25, 0.3) is 0 Å². The molecule has 3 rings (SSSR count). The largest absolute Gasteiger partial charge is 0.497 e. The molecule has 0 radical (unpaired) electrons. The number of rotatable bonds is 3. The Morgan fingerprint density at radius 3 is 2.65 bits per heavy atom. The molecule has 0 bridgehead atoms. The average Bonchev–Trinajstić information content (AvgIpc) is 2.90. The summed E-state index contributed by atoms with van der Waals surface area (Å²) in [6, 6.07) is 12.2. The van der Waals surface area contributed by atoms with Crippen molar-refractivity contribution in [2.24, 2.45) is 0 Å². The van der Waals surface area contributed by atoms with Gasteiger partial charge in [-0.2, -0.15) is 0 Å². The number of aromatic nitrogens is 2. The summed E-state index contributed by atoms with van der Waals surface area (Å²) in [5.41, 5.74) is 4.41. The molecule has 0 aliphatic rings. The molecule has 0 unspecified atom stereocenters. The van der Waals surface area contributed by atoms with Crippen LogP contribution in [0.4, 0.5) is 0 Å². The van der Waals surface area contributed by atoms with Gasteiger partial charge in [-0.1, -0.05) is 26.0 Å². The van der Waals surface area contributed by atoms with Gasteiger partial charge in [-0.25, -0.2) is 4.98 Å². The maximum Gasteiger partial charge on any atom is 0.137 e. The molecule has 3 aromatic rings. The number of fused-ring (bicyclic) bond motifs is 1. The Hall–Kier alpha value is -2.29. The van der Waals surface area contributed by atoms with Crippen molar-refractivity contribution in [3.05, 3.63) is 54.5 Å². The quantitative estimate of drug-likeness (QED) is 0.712. The molecule has 0 amide bonds. The summed E-state index contributed by atoms with van der Waals surface area (Å²) < 4.78 is 7.37. The molecule has 20 heavy (non-hydrogen) atoms. The average molecular weight is 266 g/mol. The van der Waals surface area contributed by atoms with Crippen LogP contribution < -0.4 is 4.74 Å². The Labute approximate surface area is 118 Å². The van der Waals surface area contributed by atoms with Gasteiger partial charge in [0.2, 0.25) is 0 Å². The fourth-order valence-corrected chi connectivity index (χ4v) is 2.26. The minimum atomic E-state index is 0.440. The SMILES string of the molecule is COc1cccc(-c2ccc3nc(C(C)C)cn3c2)c1. The van der Waals surface area contributed by atoms with Gasteiger partial charge in [-0.3, -0.25) is 0 Å². The second-order valence-corrected chi connectivity index (χ2v) is 5.24. The van der Waals surface area contributed by atoms with Gasteiger partial charge in [0, 0.05) is 12.4 Å². The zero-order valence-electron chi connectivity index (χ0n) is 12.0. The van der Waals surface area contributed by atoms with Gasteiger partial charge in [0.15, 0.2) is 0 Å². The minimum absolute atomic E-state index is 0.440. The highest BCUT2D eigenvalue weighted by Gasteiger charge is 2.07. The molecule has 0 spiro atoms. The lowest BCUT2D eigenvalue weighted by molar-refractivity contribution is 0.415. The van der Waals surface area contributed by atoms with Gasteiger partial charge < -0.3 is 9.14 Å². The summed E-state index contributed by atoms with van der Waals surface area (Å²) in [6.07, 6.45) is 4.21. The smallest absolute Gasteiger partial charge is 0.137 e. The van der Waals surface area contributed by atoms with Gasteiger partial charge >= 0.3 is 0 Å². The molecule has 1 aromatic carbocycles. The topological polar surface area (TPSA) is 26.5 Å². The highest BCUT2D eigenvalue weighted by Crippen LogP contribution is 2.25. The Balaban J connectivity index is 2.07. The predicted molar refractivity (Wildman–Crippen MR) is 81.3 cm³/mol. The van der Waals surface area contributed by atoms with E-state index in [4.69, 9.17) is 4.74 Å². The van der Waals surface area contributed by atoms with Crippen LogP contribution in [-0.2, 0) is 0 Å². The van der Waals surface area contributed by atoms with Crippen molar-refractivity contribution >= 4 is 5.65 Å². The monoisotopic (exact) mass is 266 g/mol. The third-order valence-electron chi connectivity index (χ3n) is 3.46. The minimum Gasteiger partial charge on any atom is -0.497 e. The maximum absolute atomic E-state index is 5.28. The van der Waals surface area contributed by atoms with E-state index in [1.54, 1.807) is 7.11 Å². The van der Waals surface area contributed by atoms with Crippen molar-refractivity contribution in [2.45, 2.75) is 19.8 Å². The Morgan fingerprint density at radius 2 is 1.90 bits per heavy atom. The van der Waals surface area contributed by atoms with Crippen molar-refractivity contribution in [1.29, 1.82) is 0 Å². The second-order valence-electron chi connectivity index (χ2n) is 5.24.